The molecular formula is C13H15N5O2S. The molecule has 0 bridgehead atoms. The van der Waals surface area contributed by atoms with Crippen LogP contribution in [0.3, 0.4) is 0 Å². The Morgan fingerprint density at radius 3 is 2.81 bits per heavy atom. The van der Waals surface area contributed by atoms with Crippen LogP contribution in [0.25, 0.3) is 10.6 Å². The van der Waals surface area contributed by atoms with Gasteiger partial charge in [0, 0.05) is 24.3 Å². The molecule has 0 radical (unpaired) electrons. The monoisotopic (exact) mass is 305 g/mol. The molecule has 0 aliphatic carbocycles. The minimum absolute atomic E-state index is 0.179. The van der Waals surface area contributed by atoms with Crippen LogP contribution in [0.15, 0.2) is 24.3 Å². The number of hydrogen-bond donors (Lipinski definition) is 2. The number of nitrogens with one attached hydrogen (secondary N) is 1. The number of hydrogen-bond acceptors (Lipinski definition) is 6. The number of aromatic nitrogens is 2. The molecule has 110 valence electrons. The molecule has 1 aliphatic rings. The second-order valence-electron chi connectivity index (χ2n) is 4.53. The van der Waals surface area contributed by atoms with E-state index in [-0.39, 0.29) is 6.03 Å². The molecule has 2 aromatic rings. The number of ether oxygens (including phenoxy) is 1. The fourth-order valence-corrected chi connectivity index (χ4v) is 2.79. The number of urea groups is 1. The Morgan fingerprint density at radius 2 is 2.05 bits per heavy atom. The van der Waals surface area contributed by atoms with Crippen molar-refractivity contribution in [3.8, 4) is 10.6 Å². The van der Waals surface area contributed by atoms with Gasteiger partial charge in [0.15, 0.2) is 5.01 Å². The molecule has 0 unspecified atom stereocenters. The highest BCUT2D eigenvalue weighted by atomic mass is 32.1. The standard InChI is InChI=1S/C13H15N5O2S/c14-10-4-2-1-3-9(10)11-16-17-12(21-11)15-13(19)18-5-7-20-8-6-18/h1-4H,5-8,14H2,(H,15,17,19). The summed E-state index contributed by atoms with van der Waals surface area (Å²) in [6.07, 6.45) is 0. The Labute approximate surface area is 125 Å². The minimum Gasteiger partial charge on any atom is -0.398 e. The molecule has 7 nitrogen and oxygen atoms in total. The maximum atomic E-state index is 12.1. The van der Waals surface area contributed by atoms with Crippen LogP contribution in [0, 0.1) is 0 Å². The first-order valence-corrected chi connectivity index (χ1v) is 7.38. The van der Waals surface area contributed by atoms with Gasteiger partial charge in [-0.2, -0.15) is 0 Å². The zero-order chi connectivity index (χ0) is 14.7. The summed E-state index contributed by atoms with van der Waals surface area (Å²) >= 11 is 1.30. The summed E-state index contributed by atoms with van der Waals surface area (Å²) in [7, 11) is 0. The van der Waals surface area contributed by atoms with Crippen molar-refractivity contribution in [2.24, 2.45) is 0 Å². The lowest BCUT2D eigenvalue weighted by molar-refractivity contribution is 0.0564. The molecule has 1 aromatic heterocycles. The Balaban J connectivity index is 1.70. The van der Waals surface area contributed by atoms with Gasteiger partial charge in [-0.25, -0.2) is 4.79 Å². The van der Waals surface area contributed by atoms with Gasteiger partial charge in [-0.15, -0.1) is 10.2 Å². The molecule has 0 atom stereocenters. The summed E-state index contributed by atoms with van der Waals surface area (Å²) in [5.74, 6) is 0. The Morgan fingerprint density at radius 1 is 1.29 bits per heavy atom. The van der Waals surface area contributed by atoms with Crippen molar-refractivity contribution in [2.45, 2.75) is 0 Å². The number of rotatable bonds is 2. The quantitative estimate of drug-likeness (QED) is 0.823. The summed E-state index contributed by atoms with van der Waals surface area (Å²) in [6.45, 7) is 2.30. The smallest absolute Gasteiger partial charge is 0.323 e. The first-order chi connectivity index (χ1) is 10.2. The Kier molecular flexibility index (Phi) is 3.98. The summed E-state index contributed by atoms with van der Waals surface area (Å²) in [5.41, 5.74) is 7.37. The van der Waals surface area contributed by atoms with E-state index in [0.29, 0.717) is 42.1 Å². The molecule has 8 heteroatoms. The van der Waals surface area contributed by atoms with Gasteiger partial charge in [0.1, 0.15) is 0 Å². The van der Waals surface area contributed by atoms with Crippen LogP contribution in [-0.2, 0) is 4.74 Å². The number of carbonyl (C=O) groups excluding carboxylic acids is 1. The number of amides is 2. The molecule has 0 saturated carbocycles. The second kappa shape index (κ2) is 6.06. The van der Waals surface area contributed by atoms with Gasteiger partial charge in [0.25, 0.3) is 0 Å². The van der Waals surface area contributed by atoms with Crippen molar-refractivity contribution in [3.05, 3.63) is 24.3 Å². The maximum Gasteiger partial charge on any atom is 0.323 e. The van der Waals surface area contributed by atoms with Crippen molar-refractivity contribution >= 4 is 28.2 Å². The number of para-hydroxylation sites is 1. The van der Waals surface area contributed by atoms with Crippen LogP contribution in [0.4, 0.5) is 15.6 Å². The molecule has 3 N–H and O–H groups in total. The summed E-state index contributed by atoms with van der Waals surface area (Å²) in [6, 6.07) is 7.26. The number of benzene rings is 1. The third kappa shape index (κ3) is 3.11. The fraction of sp³-hybridized carbons (Fsp3) is 0.308. The number of nitrogens with zero attached hydrogens (tertiary/aromatic N) is 3. The van der Waals surface area contributed by atoms with Gasteiger partial charge in [-0.1, -0.05) is 23.5 Å². The summed E-state index contributed by atoms with van der Waals surface area (Å²) < 4.78 is 5.21. The highest BCUT2D eigenvalue weighted by Crippen LogP contribution is 2.30. The average Bonchev–Trinajstić information content (AvgIpc) is 2.97. The largest absolute Gasteiger partial charge is 0.398 e. The molecule has 1 aromatic carbocycles. The topological polar surface area (TPSA) is 93.4 Å². The lowest BCUT2D eigenvalue weighted by atomic mass is 10.2. The molecule has 3 rings (SSSR count). The number of nitrogens with two attached hydrogens (primary N) is 1. The van der Waals surface area contributed by atoms with Gasteiger partial charge < -0.3 is 15.4 Å². The van der Waals surface area contributed by atoms with Crippen LogP contribution in [0.5, 0.6) is 0 Å². The van der Waals surface area contributed by atoms with E-state index in [2.05, 4.69) is 15.5 Å². The number of morpholine rings is 1. The van der Waals surface area contributed by atoms with Crippen molar-refractivity contribution in [2.75, 3.05) is 37.4 Å². The van der Waals surface area contributed by atoms with E-state index < -0.39 is 0 Å². The molecule has 1 saturated heterocycles. The van der Waals surface area contributed by atoms with Gasteiger partial charge >= 0.3 is 6.03 Å². The third-order valence-corrected chi connectivity index (χ3v) is 4.00. The van der Waals surface area contributed by atoms with E-state index in [1.807, 2.05) is 24.3 Å². The Bertz CT molecular complexity index is 639. The lowest BCUT2D eigenvalue weighted by Gasteiger charge is -2.26. The van der Waals surface area contributed by atoms with E-state index in [9.17, 15) is 4.79 Å². The maximum absolute atomic E-state index is 12.1. The molecular weight excluding hydrogens is 290 g/mol. The van der Waals surface area contributed by atoms with Crippen LogP contribution in [0.2, 0.25) is 0 Å². The molecule has 2 heterocycles. The highest BCUT2D eigenvalue weighted by Gasteiger charge is 2.18. The fourth-order valence-electron chi connectivity index (χ4n) is 2.01. The summed E-state index contributed by atoms with van der Waals surface area (Å²) in [5, 5.41) is 12.0. The predicted octanol–water partition coefficient (Wildman–Crippen LogP) is 1.65. The third-order valence-electron chi connectivity index (χ3n) is 3.13. The molecule has 21 heavy (non-hydrogen) atoms. The second-order valence-corrected chi connectivity index (χ2v) is 5.51. The zero-order valence-electron chi connectivity index (χ0n) is 11.3. The predicted molar refractivity (Wildman–Crippen MR) is 81.2 cm³/mol. The number of anilines is 2. The lowest BCUT2D eigenvalue weighted by Crippen LogP contribution is -2.43. The van der Waals surface area contributed by atoms with Crippen LogP contribution < -0.4 is 11.1 Å². The van der Waals surface area contributed by atoms with Gasteiger partial charge in [0.05, 0.1) is 13.2 Å². The van der Waals surface area contributed by atoms with E-state index >= 15 is 0 Å². The van der Waals surface area contributed by atoms with Crippen LogP contribution in [0.1, 0.15) is 0 Å². The molecule has 0 spiro atoms. The zero-order valence-corrected chi connectivity index (χ0v) is 12.1. The molecule has 1 fully saturated rings. The van der Waals surface area contributed by atoms with Gasteiger partial charge in [-0.3, -0.25) is 5.32 Å². The van der Waals surface area contributed by atoms with Crippen molar-refractivity contribution in [1.82, 2.24) is 15.1 Å². The first kappa shape index (κ1) is 13.8. The average molecular weight is 305 g/mol. The van der Waals surface area contributed by atoms with Crippen molar-refractivity contribution in [1.29, 1.82) is 0 Å². The van der Waals surface area contributed by atoms with E-state index in [1.165, 1.54) is 11.3 Å². The van der Waals surface area contributed by atoms with Crippen LogP contribution in [-0.4, -0.2) is 47.4 Å². The van der Waals surface area contributed by atoms with Gasteiger partial charge in [-0.05, 0) is 12.1 Å². The first-order valence-electron chi connectivity index (χ1n) is 6.56. The van der Waals surface area contributed by atoms with Crippen molar-refractivity contribution in [3.63, 3.8) is 0 Å². The van der Waals surface area contributed by atoms with Crippen LogP contribution >= 0.6 is 11.3 Å². The van der Waals surface area contributed by atoms with Gasteiger partial charge in [0.2, 0.25) is 5.13 Å². The van der Waals surface area contributed by atoms with E-state index in [1.54, 1.807) is 4.90 Å². The van der Waals surface area contributed by atoms with Crippen molar-refractivity contribution < 1.29 is 9.53 Å². The van der Waals surface area contributed by atoms with E-state index in [0.717, 1.165) is 5.56 Å². The number of carbonyl (C=O) groups is 1. The van der Waals surface area contributed by atoms with E-state index in [4.69, 9.17) is 10.5 Å². The highest BCUT2D eigenvalue weighted by molar-refractivity contribution is 7.18. The summed E-state index contributed by atoms with van der Waals surface area (Å²) in [4.78, 5) is 13.7. The SMILES string of the molecule is Nc1ccccc1-c1nnc(NC(=O)N2CCOCC2)s1. The normalized spacial score (nSPS) is 15.0. The Hall–Kier alpha value is -2.19. The molecule has 2 amide bonds. The molecule has 1 aliphatic heterocycles. The minimum atomic E-state index is -0.179. The number of nitrogen functional groups attached to an aromatic ring is 1.